The molecular formula is C30H31F4N5O3S. The van der Waals surface area contributed by atoms with E-state index in [9.17, 15) is 21.6 Å². The Balaban J connectivity index is 1.48. The predicted molar refractivity (Wildman–Crippen MR) is 156 cm³/mol. The topological polar surface area (TPSA) is 106 Å². The summed E-state index contributed by atoms with van der Waals surface area (Å²) < 4.78 is 86.0. The number of alkyl halides is 3. The van der Waals surface area contributed by atoms with Gasteiger partial charge in [-0.1, -0.05) is 19.1 Å². The molecule has 1 aliphatic rings. The van der Waals surface area contributed by atoms with Gasteiger partial charge in [-0.2, -0.15) is 13.2 Å². The molecule has 2 atom stereocenters. The molecule has 0 spiro atoms. The maximum Gasteiger partial charge on any atom is 0.392 e. The zero-order chi connectivity index (χ0) is 30.8. The Labute approximate surface area is 246 Å². The number of piperidine rings is 1. The number of halogens is 4. The number of rotatable bonds is 9. The van der Waals surface area contributed by atoms with Crippen molar-refractivity contribution in [1.29, 1.82) is 0 Å². The summed E-state index contributed by atoms with van der Waals surface area (Å²) >= 11 is 0. The number of pyridine rings is 1. The lowest BCUT2D eigenvalue weighted by atomic mass is 10.0. The number of anilines is 1. The lowest BCUT2D eigenvalue weighted by molar-refractivity contribution is -0.163. The molecule has 2 N–H and O–H groups in total. The van der Waals surface area contributed by atoms with E-state index < -0.39 is 39.3 Å². The van der Waals surface area contributed by atoms with Crippen LogP contribution in [0.3, 0.4) is 0 Å². The molecule has 1 saturated heterocycles. The number of aryl methyl sites for hydroxylation is 1. The normalized spacial score (nSPS) is 16.7. The molecule has 228 valence electrons. The van der Waals surface area contributed by atoms with Crippen LogP contribution in [-0.4, -0.2) is 54.4 Å². The highest BCUT2D eigenvalue weighted by atomic mass is 32.2. The molecule has 1 fully saturated rings. The summed E-state index contributed by atoms with van der Waals surface area (Å²) in [5.74, 6) is -3.98. The van der Waals surface area contributed by atoms with Crippen molar-refractivity contribution >= 4 is 26.6 Å². The highest BCUT2D eigenvalue weighted by molar-refractivity contribution is 7.90. The maximum atomic E-state index is 15.0. The van der Waals surface area contributed by atoms with Crippen LogP contribution in [-0.2, 0) is 15.6 Å². The molecule has 1 unspecified atom stereocenters. The number of sulfone groups is 1. The smallest absolute Gasteiger partial charge is 0.392 e. The number of nitrogens with one attached hydrogen (secondary N) is 2. The van der Waals surface area contributed by atoms with Crippen LogP contribution in [0, 0.1) is 18.7 Å². The highest BCUT2D eigenvalue weighted by Gasteiger charge is 2.39. The van der Waals surface area contributed by atoms with Crippen LogP contribution in [0.15, 0.2) is 54.9 Å². The van der Waals surface area contributed by atoms with Gasteiger partial charge in [0, 0.05) is 35.9 Å². The number of fused-ring (bicyclic) bond motifs is 1. The van der Waals surface area contributed by atoms with Crippen LogP contribution in [0.25, 0.3) is 22.0 Å². The molecule has 2 aromatic carbocycles. The van der Waals surface area contributed by atoms with Gasteiger partial charge in [-0.05, 0) is 67.6 Å². The first-order valence-corrected chi connectivity index (χ1v) is 15.6. The van der Waals surface area contributed by atoms with E-state index in [-0.39, 0.29) is 22.9 Å². The Morgan fingerprint density at radius 3 is 2.63 bits per heavy atom. The number of nitrogens with zero attached hydrogens (tertiary/aromatic N) is 3. The fraction of sp³-hybridized carbons (Fsp3) is 0.367. The zero-order valence-corrected chi connectivity index (χ0v) is 24.4. The predicted octanol–water partition coefficient (Wildman–Crippen LogP) is 6.21. The first-order valence-electron chi connectivity index (χ1n) is 13.8. The Morgan fingerprint density at radius 1 is 1.09 bits per heavy atom. The van der Waals surface area contributed by atoms with Crippen LogP contribution < -0.4 is 15.4 Å². The molecule has 13 heteroatoms. The monoisotopic (exact) mass is 617 g/mol. The summed E-state index contributed by atoms with van der Waals surface area (Å²) in [5.41, 5.74) is 1.56. The van der Waals surface area contributed by atoms with Gasteiger partial charge in [-0.3, -0.25) is 0 Å². The Morgan fingerprint density at radius 2 is 1.88 bits per heavy atom. The summed E-state index contributed by atoms with van der Waals surface area (Å²) in [6, 6.07) is 11.2. The second-order valence-corrected chi connectivity index (χ2v) is 12.9. The van der Waals surface area contributed by atoms with E-state index in [4.69, 9.17) is 4.74 Å². The standard InChI is InChI=1S/C30H31F4N5O3S/c1-18-7-8-21-22(9-10-25(31)24(21)17-43(40,41)16-19(2)30(32,33)34)27(18)42-28-23(6-4-13-36-28)26-11-14-37-29(39-26)38-20-5-3-12-35-15-20/h4,6-11,13-14,19-20,35H,3,5,12,15-17H2,1-2H3,(H,37,38,39)/t19?,20-/m0/s1. The fourth-order valence-corrected chi connectivity index (χ4v) is 6.86. The highest BCUT2D eigenvalue weighted by Crippen LogP contribution is 2.39. The Hall–Kier alpha value is -3.84. The minimum absolute atomic E-state index is 0.196. The largest absolute Gasteiger partial charge is 0.437 e. The number of hydrogen-bond donors (Lipinski definition) is 2. The van der Waals surface area contributed by atoms with Crippen molar-refractivity contribution in [2.75, 3.05) is 24.2 Å². The van der Waals surface area contributed by atoms with E-state index in [1.165, 1.54) is 6.07 Å². The zero-order valence-electron chi connectivity index (χ0n) is 23.6. The Bertz CT molecular complexity index is 1730. The minimum Gasteiger partial charge on any atom is -0.437 e. The van der Waals surface area contributed by atoms with E-state index in [0.29, 0.717) is 33.9 Å². The average molecular weight is 618 g/mol. The molecule has 5 rings (SSSR count). The second kappa shape index (κ2) is 12.4. The minimum atomic E-state index is -4.68. The van der Waals surface area contributed by atoms with Crippen LogP contribution in [0.5, 0.6) is 11.6 Å². The lowest BCUT2D eigenvalue weighted by Gasteiger charge is -2.23. The van der Waals surface area contributed by atoms with Crippen molar-refractivity contribution in [2.24, 2.45) is 5.92 Å². The van der Waals surface area contributed by atoms with E-state index >= 15 is 4.39 Å². The summed E-state index contributed by atoms with van der Waals surface area (Å²) in [5, 5.41) is 7.30. The number of aromatic nitrogens is 3. The van der Waals surface area contributed by atoms with Gasteiger partial charge in [-0.25, -0.2) is 27.8 Å². The van der Waals surface area contributed by atoms with Crippen molar-refractivity contribution in [3.63, 3.8) is 0 Å². The van der Waals surface area contributed by atoms with Crippen molar-refractivity contribution in [3.05, 3.63) is 71.8 Å². The van der Waals surface area contributed by atoms with Crippen molar-refractivity contribution < 1.29 is 30.7 Å². The van der Waals surface area contributed by atoms with Crippen LogP contribution >= 0.6 is 0 Å². The average Bonchev–Trinajstić information content (AvgIpc) is 2.96. The van der Waals surface area contributed by atoms with E-state index in [2.05, 4.69) is 25.6 Å². The van der Waals surface area contributed by atoms with Gasteiger partial charge in [0.2, 0.25) is 11.8 Å². The number of benzene rings is 2. The Kier molecular flexibility index (Phi) is 8.84. The van der Waals surface area contributed by atoms with Crippen LogP contribution in [0.1, 0.15) is 30.9 Å². The SMILES string of the molecule is Cc1ccc2c(CS(=O)(=O)CC(C)C(F)(F)F)c(F)ccc2c1Oc1ncccc1-c1ccnc(N[C@H]2CCCNC2)n1. The van der Waals surface area contributed by atoms with Crippen molar-refractivity contribution in [1.82, 2.24) is 20.3 Å². The summed E-state index contributed by atoms with van der Waals surface area (Å²) in [6.45, 7) is 4.35. The molecule has 0 amide bonds. The molecule has 1 aliphatic heterocycles. The molecule has 0 radical (unpaired) electrons. The molecule has 43 heavy (non-hydrogen) atoms. The maximum absolute atomic E-state index is 15.0. The van der Waals surface area contributed by atoms with Gasteiger partial charge in [0.25, 0.3) is 0 Å². The molecule has 0 saturated carbocycles. The second-order valence-electron chi connectivity index (χ2n) is 10.7. The quantitative estimate of drug-likeness (QED) is 0.214. The lowest BCUT2D eigenvalue weighted by Crippen LogP contribution is -2.38. The van der Waals surface area contributed by atoms with Gasteiger partial charge in [0.05, 0.1) is 28.7 Å². The molecule has 3 heterocycles. The van der Waals surface area contributed by atoms with E-state index in [1.54, 1.807) is 49.6 Å². The van der Waals surface area contributed by atoms with E-state index in [0.717, 1.165) is 38.9 Å². The van der Waals surface area contributed by atoms with Gasteiger partial charge >= 0.3 is 6.18 Å². The summed E-state index contributed by atoms with van der Waals surface area (Å²) in [4.78, 5) is 13.4. The van der Waals surface area contributed by atoms with Crippen molar-refractivity contribution in [3.8, 4) is 22.9 Å². The molecule has 2 aromatic heterocycles. The van der Waals surface area contributed by atoms with Gasteiger partial charge < -0.3 is 15.4 Å². The molecule has 0 aliphatic carbocycles. The summed E-state index contributed by atoms with van der Waals surface area (Å²) in [6.07, 6.45) is 0.541. The first-order chi connectivity index (χ1) is 20.4. The van der Waals surface area contributed by atoms with Crippen molar-refractivity contribution in [2.45, 2.75) is 44.7 Å². The number of hydrogen-bond acceptors (Lipinski definition) is 8. The third kappa shape index (κ3) is 7.21. The molecular weight excluding hydrogens is 586 g/mol. The van der Waals surface area contributed by atoms with E-state index in [1.807, 2.05) is 0 Å². The first kappa shape index (κ1) is 30.6. The summed E-state index contributed by atoms with van der Waals surface area (Å²) in [7, 11) is -4.31. The van der Waals surface area contributed by atoms with Gasteiger partial charge in [0.1, 0.15) is 11.6 Å². The molecule has 0 bridgehead atoms. The van der Waals surface area contributed by atoms with Gasteiger partial charge in [0.15, 0.2) is 9.84 Å². The third-order valence-corrected chi connectivity index (χ3v) is 9.10. The fourth-order valence-electron chi connectivity index (χ4n) is 5.06. The molecule has 8 nitrogen and oxygen atoms in total. The third-order valence-electron chi connectivity index (χ3n) is 7.36. The van der Waals surface area contributed by atoms with Gasteiger partial charge in [-0.15, -0.1) is 0 Å². The van der Waals surface area contributed by atoms with Crippen LogP contribution in [0.4, 0.5) is 23.5 Å². The number of ether oxygens (including phenoxy) is 1. The molecule has 4 aromatic rings. The van der Waals surface area contributed by atoms with Crippen LogP contribution in [0.2, 0.25) is 0 Å².